The van der Waals surface area contributed by atoms with Crippen molar-refractivity contribution in [3.05, 3.63) is 35.9 Å². The maximum absolute atomic E-state index is 12.8. The van der Waals surface area contributed by atoms with Crippen molar-refractivity contribution in [1.82, 2.24) is 19.4 Å². The van der Waals surface area contributed by atoms with Crippen molar-refractivity contribution in [2.75, 3.05) is 26.0 Å². The lowest BCUT2D eigenvalue weighted by atomic mass is 10.2. The van der Waals surface area contributed by atoms with Crippen LogP contribution in [0.2, 0.25) is 0 Å². The highest BCUT2D eigenvalue weighted by Crippen LogP contribution is 2.19. The van der Waals surface area contributed by atoms with E-state index in [9.17, 15) is 19.2 Å². The molecule has 0 aromatic carbocycles. The number of anilines is 1. The fourth-order valence-corrected chi connectivity index (χ4v) is 3.47. The van der Waals surface area contributed by atoms with Crippen LogP contribution < -0.4 is 15.4 Å². The number of amides is 2. The summed E-state index contributed by atoms with van der Waals surface area (Å²) < 4.78 is 18.3. The number of likely N-dealkylation sites (N-methyl/N-ethyl adjacent to an activating group) is 1. The molecule has 2 amide bonds. The van der Waals surface area contributed by atoms with Crippen LogP contribution in [0.1, 0.15) is 41.7 Å². The largest absolute Gasteiger partial charge is 0.464 e. The average Bonchev–Trinajstić information content (AvgIpc) is 3.42. The van der Waals surface area contributed by atoms with E-state index in [0.29, 0.717) is 5.69 Å². The van der Waals surface area contributed by atoms with E-state index >= 15 is 0 Å². The summed E-state index contributed by atoms with van der Waals surface area (Å²) in [6.45, 7) is 5.49. The summed E-state index contributed by atoms with van der Waals surface area (Å²) in [7, 11) is 6.17. The summed E-state index contributed by atoms with van der Waals surface area (Å²) in [5.41, 5.74) is 0.224. The van der Waals surface area contributed by atoms with E-state index in [0.717, 1.165) is 0 Å². The van der Waals surface area contributed by atoms with Gasteiger partial charge in [-0.25, -0.2) is 19.4 Å². The zero-order chi connectivity index (χ0) is 26.8. The van der Waals surface area contributed by atoms with E-state index in [4.69, 9.17) is 9.47 Å². The monoisotopic (exact) mass is 502 g/mol. The van der Waals surface area contributed by atoms with Gasteiger partial charge in [0.1, 0.15) is 28.9 Å². The highest BCUT2D eigenvalue weighted by atomic mass is 16.6. The average molecular weight is 503 g/mol. The number of ether oxygens (including phenoxy) is 3. The lowest BCUT2D eigenvalue weighted by Gasteiger charge is -2.19. The van der Waals surface area contributed by atoms with Crippen molar-refractivity contribution in [3.8, 4) is 5.75 Å². The molecule has 0 fully saturated rings. The minimum atomic E-state index is -0.737. The number of rotatable bonds is 6. The zero-order valence-corrected chi connectivity index (χ0v) is 21.2. The molecule has 13 heteroatoms. The molecule has 3 rings (SSSR count). The van der Waals surface area contributed by atoms with E-state index < -0.39 is 35.7 Å². The second-order valence-electron chi connectivity index (χ2n) is 9.23. The standard InChI is InChI=1S/C23H30N6O7/c1-23(2,3)36-22(33)24-13-8-15(27(4)10-13)19(30)26-17-12-29(6)18(25-17)21(32)35-14-9-16(20(31)34-7)28(5)11-14/h8-11,17H,12H2,1-7H3,(H,24,33)(H,26,30). The fraction of sp³-hybridized carbons (Fsp3) is 0.435. The van der Waals surface area contributed by atoms with Crippen molar-refractivity contribution >= 4 is 35.5 Å². The van der Waals surface area contributed by atoms with Gasteiger partial charge in [0.2, 0.25) is 5.84 Å². The SMILES string of the molecule is COC(=O)c1cc(OC(=O)C2=NC(NC(=O)c3cc(NC(=O)OC(C)(C)C)cn3C)CN2C)cn1C. The van der Waals surface area contributed by atoms with Crippen molar-refractivity contribution in [2.45, 2.75) is 32.5 Å². The first-order valence-electron chi connectivity index (χ1n) is 11.0. The first-order valence-corrected chi connectivity index (χ1v) is 11.0. The van der Waals surface area contributed by atoms with Crippen LogP contribution in [-0.4, -0.2) is 76.3 Å². The summed E-state index contributed by atoms with van der Waals surface area (Å²) in [5, 5.41) is 5.34. The Kier molecular flexibility index (Phi) is 7.41. The number of hydrogen-bond acceptors (Lipinski definition) is 9. The smallest absolute Gasteiger partial charge is 0.412 e. The Bertz CT molecular complexity index is 1220. The normalized spacial score (nSPS) is 15.2. The molecule has 0 saturated heterocycles. The third kappa shape index (κ3) is 6.23. The quantitative estimate of drug-likeness (QED) is 0.565. The zero-order valence-electron chi connectivity index (χ0n) is 21.2. The van der Waals surface area contributed by atoms with Gasteiger partial charge in [-0.05, 0) is 26.8 Å². The summed E-state index contributed by atoms with van der Waals surface area (Å²) in [4.78, 5) is 55.1. The molecule has 0 radical (unpaired) electrons. The van der Waals surface area contributed by atoms with Gasteiger partial charge in [0.15, 0.2) is 0 Å². The number of aliphatic imine (C=N–C) groups is 1. The van der Waals surface area contributed by atoms with Crippen LogP contribution in [0.4, 0.5) is 10.5 Å². The van der Waals surface area contributed by atoms with Crippen LogP contribution in [0.3, 0.4) is 0 Å². The van der Waals surface area contributed by atoms with Crippen LogP contribution in [0.5, 0.6) is 5.75 Å². The third-order valence-corrected chi connectivity index (χ3v) is 5.03. The van der Waals surface area contributed by atoms with Crippen LogP contribution in [0.15, 0.2) is 29.5 Å². The first kappa shape index (κ1) is 26.3. The van der Waals surface area contributed by atoms with Crippen LogP contribution in [0, 0.1) is 0 Å². The highest BCUT2D eigenvalue weighted by molar-refractivity contribution is 6.36. The number of hydrogen-bond donors (Lipinski definition) is 2. The van der Waals surface area contributed by atoms with Gasteiger partial charge in [-0.15, -0.1) is 0 Å². The van der Waals surface area contributed by atoms with Crippen molar-refractivity contribution in [2.24, 2.45) is 19.1 Å². The summed E-state index contributed by atoms with van der Waals surface area (Å²) >= 11 is 0. The van der Waals surface area contributed by atoms with E-state index in [1.807, 2.05) is 0 Å². The predicted molar refractivity (Wildman–Crippen MR) is 129 cm³/mol. The van der Waals surface area contributed by atoms with Gasteiger partial charge in [0.25, 0.3) is 5.91 Å². The lowest BCUT2D eigenvalue weighted by Crippen LogP contribution is -2.38. The van der Waals surface area contributed by atoms with E-state index in [-0.39, 0.29) is 29.5 Å². The summed E-state index contributed by atoms with van der Waals surface area (Å²) in [6, 6.07) is 2.89. The van der Waals surface area contributed by atoms with E-state index in [2.05, 4.69) is 20.4 Å². The minimum absolute atomic E-state index is 0.0166. The molecular weight excluding hydrogens is 472 g/mol. The number of aryl methyl sites for hydroxylation is 2. The van der Waals surface area contributed by atoms with Crippen LogP contribution >= 0.6 is 0 Å². The summed E-state index contributed by atoms with van der Waals surface area (Å²) in [5.74, 6) is -1.58. The second kappa shape index (κ2) is 10.1. The van der Waals surface area contributed by atoms with Crippen molar-refractivity contribution in [1.29, 1.82) is 0 Å². The van der Waals surface area contributed by atoms with Crippen LogP contribution in [0.25, 0.3) is 0 Å². The molecule has 2 aromatic heterocycles. The number of esters is 2. The van der Waals surface area contributed by atoms with Crippen molar-refractivity contribution < 1.29 is 33.4 Å². The second-order valence-corrected chi connectivity index (χ2v) is 9.23. The van der Waals surface area contributed by atoms with Gasteiger partial charge < -0.3 is 33.6 Å². The lowest BCUT2D eigenvalue weighted by molar-refractivity contribution is -0.127. The highest BCUT2D eigenvalue weighted by Gasteiger charge is 2.31. The number of carbonyl (C=O) groups excluding carboxylic acids is 4. The molecule has 0 saturated carbocycles. The van der Waals surface area contributed by atoms with Gasteiger partial charge in [-0.2, -0.15) is 0 Å². The van der Waals surface area contributed by atoms with Gasteiger partial charge in [-0.3, -0.25) is 10.1 Å². The Labute approximate surface area is 208 Å². The number of methoxy groups -OCH3 is 1. The molecule has 13 nitrogen and oxygen atoms in total. The molecule has 0 bridgehead atoms. The molecule has 3 heterocycles. The number of nitrogens with zero attached hydrogens (tertiary/aromatic N) is 4. The Balaban J connectivity index is 1.64. The molecule has 2 aromatic rings. The van der Waals surface area contributed by atoms with Gasteiger partial charge in [0, 0.05) is 39.6 Å². The Morgan fingerprint density at radius 2 is 1.67 bits per heavy atom. The van der Waals surface area contributed by atoms with Gasteiger partial charge in [-0.1, -0.05) is 0 Å². The molecular formula is C23H30N6O7. The molecule has 194 valence electrons. The van der Waals surface area contributed by atoms with Crippen molar-refractivity contribution in [3.63, 3.8) is 0 Å². The first-order chi connectivity index (χ1) is 16.8. The Hall–Kier alpha value is -4.29. The van der Waals surface area contributed by atoms with E-state index in [1.165, 1.54) is 30.0 Å². The Morgan fingerprint density at radius 3 is 2.31 bits per heavy atom. The minimum Gasteiger partial charge on any atom is -0.464 e. The fourth-order valence-electron chi connectivity index (χ4n) is 3.47. The molecule has 1 unspecified atom stereocenters. The topological polar surface area (TPSA) is 145 Å². The predicted octanol–water partition coefficient (Wildman–Crippen LogP) is 1.50. The summed E-state index contributed by atoms with van der Waals surface area (Å²) in [6.07, 6.45) is 1.71. The number of nitrogens with one attached hydrogen (secondary N) is 2. The van der Waals surface area contributed by atoms with E-state index in [1.54, 1.807) is 57.6 Å². The molecule has 0 aliphatic carbocycles. The number of amidine groups is 1. The van der Waals surface area contributed by atoms with Gasteiger partial charge >= 0.3 is 18.0 Å². The molecule has 36 heavy (non-hydrogen) atoms. The number of carbonyl (C=O) groups is 4. The molecule has 0 spiro atoms. The molecule has 1 atom stereocenters. The molecule has 1 aliphatic heterocycles. The molecule has 1 aliphatic rings. The molecule has 2 N–H and O–H groups in total. The van der Waals surface area contributed by atoms with Crippen LogP contribution in [-0.2, 0) is 28.4 Å². The maximum atomic E-state index is 12.8. The Morgan fingerprint density at radius 1 is 1.00 bits per heavy atom. The van der Waals surface area contributed by atoms with Gasteiger partial charge in [0.05, 0.1) is 19.3 Å². The maximum Gasteiger partial charge on any atom is 0.412 e. The third-order valence-electron chi connectivity index (χ3n) is 5.03. The number of aromatic nitrogens is 2.